The standard InChI is InChI=1S/C17H36/c1-10-16(8,9)17(11-2,12-14(3)4)13-15(5,6)7/h14H,10-13H2,1-9H3. The van der Waals surface area contributed by atoms with Gasteiger partial charge in [-0.3, -0.25) is 0 Å². The van der Waals surface area contributed by atoms with Crippen molar-refractivity contribution in [2.24, 2.45) is 22.2 Å². The van der Waals surface area contributed by atoms with Crippen LogP contribution in [0.1, 0.15) is 88.0 Å². The Balaban J connectivity index is 5.29. The summed E-state index contributed by atoms with van der Waals surface area (Å²) in [6.45, 7) is 21.6. The summed E-state index contributed by atoms with van der Waals surface area (Å²) >= 11 is 0. The lowest BCUT2D eigenvalue weighted by molar-refractivity contribution is -0.00562. The van der Waals surface area contributed by atoms with Crippen LogP contribution in [0, 0.1) is 22.2 Å². The van der Waals surface area contributed by atoms with Crippen LogP contribution >= 0.6 is 0 Å². The molecule has 0 heterocycles. The molecule has 17 heavy (non-hydrogen) atoms. The van der Waals surface area contributed by atoms with Crippen LogP contribution in [-0.2, 0) is 0 Å². The monoisotopic (exact) mass is 240 g/mol. The highest BCUT2D eigenvalue weighted by atomic mass is 14.5. The minimum atomic E-state index is 0.428. The molecule has 0 amide bonds. The molecule has 0 saturated heterocycles. The fourth-order valence-electron chi connectivity index (χ4n) is 3.51. The van der Waals surface area contributed by atoms with E-state index in [9.17, 15) is 0 Å². The Morgan fingerprint density at radius 1 is 0.824 bits per heavy atom. The third-order valence-electron chi connectivity index (χ3n) is 4.66. The molecule has 0 aliphatic carbocycles. The van der Waals surface area contributed by atoms with Crippen molar-refractivity contribution in [1.29, 1.82) is 0 Å². The molecule has 0 bridgehead atoms. The summed E-state index contributed by atoms with van der Waals surface area (Å²) in [5.74, 6) is 0.795. The maximum absolute atomic E-state index is 2.48. The van der Waals surface area contributed by atoms with Crippen LogP contribution in [0.4, 0.5) is 0 Å². The van der Waals surface area contributed by atoms with E-state index in [4.69, 9.17) is 0 Å². The summed E-state index contributed by atoms with van der Waals surface area (Å²) in [4.78, 5) is 0. The van der Waals surface area contributed by atoms with Crippen LogP contribution in [0.5, 0.6) is 0 Å². The highest BCUT2D eigenvalue weighted by molar-refractivity contribution is 4.94. The highest BCUT2D eigenvalue weighted by Gasteiger charge is 2.44. The Kier molecular flexibility index (Phi) is 5.76. The first-order valence-electron chi connectivity index (χ1n) is 7.49. The first-order valence-corrected chi connectivity index (χ1v) is 7.49. The molecule has 104 valence electrons. The van der Waals surface area contributed by atoms with Crippen molar-refractivity contribution in [3.8, 4) is 0 Å². The first-order chi connectivity index (χ1) is 7.49. The van der Waals surface area contributed by atoms with Gasteiger partial charge in [-0.1, -0.05) is 68.7 Å². The van der Waals surface area contributed by atoms with Gasteiger partial charge in [-0.25, -0.2) is 0 Å². The van der Waals surface area contributed by atoms with Gasteiger partial charge >= 0.3 is 0 Å². The maximum Gasteiger partial charge on any atom is -0.0242 e. The molecule has 0 aliphatic rings. The van der Waals surface area contributed by atoms with Gasteiger partial charge in [-0.15, -0.1) is 0 Å². The molecule has 0 aromatic rings. The second-order valence-corrected chi connectivity index (χ2v) is 8.21. The van der Waals surface area contributed by atoms with Gasteiger partial charge in [0.15, 0.2) is 0 Å². The van der Waals surface area contributed by atoms with Gasteiger partial charge in [0.2, 0.25) is 0 Å². The average molecular weight is 240 g/mol. The second-order valence-electron chi connectivity index (χ2n) is 8.21. The Bertz CT molecular complexity index is 217. The third-order valence-corrected chi connectivity index (χ3v) is 4.66. The largest absolute Gasteiger partial charge is 0.0649 e. The van der Waals surface area contributed by atoms with Crippen LogP contribution in [0.2, 0.25) is 0 Å². The first kappa shape index (κ1) is 17.0. The van der Waals surface area contributed by atoms with Crippen molar-refractivity contribution in [2.75, 3.05) is 0 Å². The SMILES string of the molecule is CCC(C)(C)C(CC)(CC(C)C)CC(C)(C)C. The lowest BCUT2D eigenvalue weighted by Gasteiger charge is -2.51. The molecule has 0 aromatic carbocycles. The van der Waals surface area contributed by atoms with E-state index >= 15 is 0 Å². The average Bonchev–Trinajstić information content (AvgIpc) is 2.13. The summed E-state index contributed by atoms with van der Waals surface area (Å²) in [5.41, 5.74) is 1.37. The van der Waals surface area contributed by atoms with Gasteiger partial charge < -0.3 is 0 Å². The quantitative estimate of drug-likeness (QED) is 0.511. The zero-order chi connectivity index (χ0) is 13.9. The summed E-state index contributed by atoms with van der Waals surface area (Å²) in [6, 6.07) is 0. The van der Waals surface area contributed by atoms with Crippen LogP contribution in [0.15, 0.2) is 0 Å². The minimum absolute atomic E-state index is 0.428. The molecule has 0 radical (unpaired) electrons. The van der Waals surface area contributed by atoms with Crippen molar-refractivity contribution < 1.29 is 0 Å². The van der Waals surface area contributed by atoms with Crippen LogP contribution in [-0.4, -0.2) is 0 Å². The Labute approximate surface area is 111 Å². The van der Waals surface area contributed by atoms with Gasteiger partial charge in [-0.2, -0.15) is 0 Å². The van der Waals surface area contributed by atoms with E-state index in [1.807, 2.05) is 0 Å². The molecule has 0 N–H and O–H groups in total. The van der Waals surface area contributed by atoms with Crippen molar-refractivity contribution in [3.63, 3.8) is 0 Å². The summed E-state index contributed by atoms with van der Waals surface area (Å²) < 4.78 is 0. The molecule has 0 fully saturated rings. The van der Waals surface area contributed by atoms with Gasteiger partial charge in [0.05, 0.1) is 0 Å². The molecule has 0 rings (SSSR count). The van der Waals surface area contributed by atoms with Gasteiger partial charge in [0.25, 0.3) is 0 Å². The summed E-state index contributed by atoms with van der Waals surface area (Å²) in [6.07, 6.45) is 5.30. The van der Waals surface area contributed by atoms with E-state index < -0.39 is 0 Å². The fraction of sp³-hybridized carbons (Fsp3) is 1.00. The van der Waals surface area contributed by atoms with E-state index in [0.717, 1.165) is 5.92 Å². The van der Waals surface area contributed by atoms with E-state index in [0.29, 0.717) is 16.2 Å². The van der Waals surface area contributed by atoms with Crippen molar-refractivity contribution in [2.45, 2.75) is 88.0 Å². The Morgan fingerprint density at radius 3 is 1.53 bits per heavy atom. The normalized spacial score (nSPS) is 17.3. The summed E-state index contributed by atoms with van der Waals surface area (Å²) in [5, 5.41) is 0. The van der Waals surface area contributed by atoms with E-state index in [1.165, 1.54) is 25.7 Å². The molecule has 0 nitrogen and oxygen atoms in total. The molecule has 1 unspecified atom stereocenters. The lowest BCUT2D eigenvalue weighted by atomic mass is 9.54. The van der Waals surface area contributed by atoms with Gasteiger partial charge in [0.1, 0.15) is 0 Å². The van der Waals surface area contributed by atoms with Crippen molar-refractivity contribution in [3.05, 3.63) is 0 Å². The molecule has 0 heteroatoms. The van der Waals surface area contributed by atoms with Crippen LogP contribution in [0.3, 0.4) is 0 Å². The fourth-order valence-corrected chi connectivity index (χ4v) is 3.51. The van der Waals surface area contributed by atoms with Crippen LogP contribution in [0.25, 0.3) is 0 Å². The van der Waals surface area contributed by atoms with Crippen molar-refractivity contribution in [1.82, 2.24) is 0 Å². The van der Waals surface area contributed by atoms with Crippen LogP contribution < -0.4 is 0 Å². The number of hydrogen-bond acceptors (Lipinski definition) is 0. The zero-order valence-electron chi connectivity index (χ0n) is 13.9. The van der Waals surface area contributed by atoms with Gasteiger partial charge in [0, 0.05) is 0 Å². The van der Waals surface area contributed by atoms with E-state index in [2.05, 4.69) is 62.3 Å². The smallest absolute Gasteiger partial charge is 0.0242 e. The van der Waals surface area contributed by atoms with Crippen molar-refractivity contribution >= 4 is 0 Å². The zero-order valence-corrected chi connectivity index (χ0v) is 13.9. The molecule has 0 saturated carbocycles. The lowest BCUT2D eigenvalue weighted by Crippen LogP contribution is -2.41. The molecule has 1 atom stereocenters. The molecular formula is C17H36. The number of rotatable bonds is 6. The van der Waals surface area contributed by atoms with E-state index in [-0.39, 0.29) is 0 Å². The predicted molar refractivity (Wildman–Crippen MR) is 80.3 cm³/mol. The Hall–Kier alpha value is 0. The van der Waals surface area contributed by atoms with E-state index in [1.54, 1.807) is 0 Å². The molecule has 0 aromatic heterocycles. The topological polar surface area (TPSA) is 0 Å². The summed E-state index contributed by atoms with van der Waals surface area (Å²) in [7, 11) is 0. The molecular weight excluding hydrogens is 204 g/mol. The molecule has 0 spiro atoms. The second kappa shape index (κ2) is 5.76. The predicted octanol–water partition coefficient (Wildman–Crippen LogP) is 6.30. The third kappa shape index (κ3) is 4.64. The van der Waals surface area contributed by atoms with Gasteiger partial charge in [-0.05, 0) is 41.4 Å². The highest BCUT2D eigenvalue weighted by Crippen LogP contribution is 2.54. The Morgan fingerprint density at radius 2 is 1.29 bits per heavy atom. The minimum Gasteiger partial charge on any atom is -0.0649 e. The molecule has 0 aliphatic heterocycles. The number of hydrogen-bond donors (Lipinski definition) is 0. The maximum atomic E-state index is 2.48.